The minimum absolute atomic E-state index is 0.0563. The van der Waals surface area contributed by atoms with Crippen LogP contribution in [0.5, 0.6) is 5.75 Å². The van der Waals surface area contributed by atoms with Gasteiger partial charge in [-0.25, -0.2) is 8.42 Å². The topological polar surface area (TPSA) is 63.7 Å². The highest BCUT2D eigenvalue weighted by molar-refractivity contribution is 7.92. The number of nitrogens with zero attached hydrogens (tertiary/aromatic N) is 1. The van der Waals surface area contributed by atoms with E-state index in [9.17, 15) is 13.2 Å². The van der Waals surface area contributed by atoms with Crippen molar-refractivity contribution in [2.24, 2.45) is 0 Å². The lowest BCUT2D eigenvalue weighted by Gasteiger charge is -2.30. The standard InChI is InChI=1S/C18H19NO4S/c1-12-4-6-15(10-13(12)2)24(21,22)19-9-8-18(20)16-7-5-14(23-3)11-17(16)19/h4-7,10-11H,8-9H2,1-3H3. The zero-order valence-corrected chi connectivity index (χ0v) is 14.7. The molecule has 24 heavy (non-hydrogen) atoms. The molecule has 6 heteroatoms. The van der Waals surface area contributed by atoms with Crippen molar-refractivity contribution < 1.29 is 17.9 Å². The van der Waals surface area contributed by atoms with Gasteiger partial charge in [-0.15, -0.1) is 0 Å². The van der Waals surface area contributed by atoms with E-state index in [1.807, 2.05) is 13.8 Å². The summed E-state index contributed by atoms with van der Waals surface area (Å²) in [4.78, 5) is 12.4. The van der Waals surface area contributed by atoms with Gasteiger partial charge in [0.15, 0.2) is 5.78 Å². The van der Waals surface area contributed by atoms with E-state index in [0.29, 0.717) is 17.0 Å². The van der Waals surface area contributed by atoms with Crippen LogP contribution in [0.2, 0.25) is 0 Å². The number of hydrogen-bond acceptors (Lipinski definition) is 4. The molecule has 0 spiro atoms. The smallest absolute Gasteiger partial charge is 0.264 e. The molecule has 0 radical (unpaired) electrons. The van der Waals surface area contributed by atoms with E-state index in [1.165, 1.54) is 11.4 Å². The summed E-state index contributed by atoms with van der Waals surface area (Å²) in [5.41, 5.74) is 2.73. The van der Waals surface area contributed by atoms with Crippen LogP contribution in [0.3, 0.4) is 0 Å². The molecule has 0 bridgehead atoms. The number of aryl methyl sites for hydroxylation is 2. The van der Waals surface area contributed by atoms with Gasteiger partial charge in [0.25, 0.3) is 10.0 Å². The first-order valence-electron chi connectivity index (χ1n) is 7.66. The molecule has 5 nitrogen and oxygen atoms in total. The van der Waals surface area contributed by atoms with E-state index in [1.54, 1.807) is 36.4 Å². The Labute approximate surface area is 141 Å². The summed E-state index contributed by atoms with van der Waals surface area (Å²) in [6.07, 6.45) is 0.170. The molecule has 0 aliphatic carbocycles. The highest BCUT2D eigenvalue weighted by Gasteiger charge is 2.32. The van der Waals surface area contributed by atoms with Crippen LogP contribution in [-0.2, 0) is 10.0 Å². The Bertz CT molecular complexity index is 919. The number of fused-ring (bicyclic) bond motifs is 1. The third-order valence-electron chi connectivity index (χ3n) is 4.38. The normalized spacial score (nSPS) is 14.5. The monoisotopic (exact) mass is 345 g/mol. The van der Waals surface area contributed by atoms with Gasteiger partial charge in [-0.1, -0.05) is 6.07 Å². The second kappa shape index (κ2) is 5.94. The summed E-state index contributed by atoms with van der Waals surface area (Å²) in [7, 11) is -2.23. The zero-order chi connectivity index (χ0) is 17.5. The van der Waals surface area contributed by atoms with Gasteiger partial charge in [0.1, 0.15) is 5.75 Å². The number of anilines is 1. The molecule has 126 valence electrons. The van der Waals surface area contributed by atoms with Crippen molar-refractivity contribution in [2.75, 3.05) is 18.0 Å². The molecule has 1 aliphatic rings. The number of methoxy groups -OCH3 is 1. The Morgan fingerprint density at radius 3 is 2.46 bits per heavy atom. The lowest BCUT2D eigenvalue weighted by Crippen LogP contribution is -2.37. The molecule has 1 aliphatic heterocycles. The molecule has 0 aromatic heterocycles. The first-order chi connectivity index (χ1) is 11.3. The van der Waals surface area contributed by atoms with Gasteiger partial charge in [0.2, 0.25) is 0 Å². The molecule has 0 atom stereocenters. The molecule has 1 heterocycles. The third kappa shape index (κ3) is 2.67. The minimum atomic E-state index is -3.74. The summed E-state index contributed by atoms with van der Waals surface area (Å²) in [5, 5.41) is 0. The van der Waals surface area contributed by atoms with Crippen molar-refractivity contribution >= 4 is 21.5 Å². The van der Waals surface area contributed by atoms with Gasteiger partial charge >= 0.3 is 0 Å². The summed E-state index contributed by atoms with van der Waals surface area (Å²) < 4.78 is 32.7. The molecule has 0 N–H and O–H groups in total. The second-order valence-electron chi connectivity index (χ2n) is 5.88. The fourth-order valence-electron chi connectivity index (χ4n) is 2.79. The van der Waals surface area contributed by atoms with Gasteiger partial charge in [0.05, 0.1) is 17.7 Å². The van der Waals surface area contributed by atoms with Crippen molar-refractivity contribution in [3.63, 3.8) is 0 Å². The predicted octanol–water partition coefficient (Wildman–Crippen LogP) is 3.09. The second-order valence-corrected chi connectivity index (χ2v) is 7.74. The summed E-state index contributed by atoms with van der Waals surface area (Å²) in [6, 6.07) is 9.96. The number of rotatable bonds is 3. The van der Waals surface area contributed by atoms with Gasteiger partial charge in [-0.05, 0) is 49.2 Å². The predicted molar refractivity (Wildman–Crippen MR) is 92.4 cm³/mol. The Kier molecular flexibility index (Phi) is 4.09. The Hall–Kier alpha value is -2.34. The van der Waals surface area contributed by atoms with Crippen LogP contribution in [0.1, 0.15) is 27.9 Å². The first kappa shape index (κ1) is 16.5. The summed E-state index contributed by atoms with van der Waals surface area (Å²) in [5.74, 6) is 0.461. The number of sulfonamides is 1. The van der Waals surface area contributed by atoms with Gasteiger partial charge in [-0.2, -0.15) is 0 Å². The van der Waals surface area contributed by atoms with Gasteiger partial charge < -0.3 is 4.74 Å². The van der Waals surface area contributed by atoms with Crippen LogP contribution in [0, 0.1) is 13.8 Å². The van der Waals surface area contributed by atoms with E-state index < -0.39 is 10.0 Å². The zero-order valence-electron chi connectivity index (χ0n) is 13.9. The largest absolute Gasteiger partial charge is 0.497 e. The van der Waals surface area contributed by atoms with Crippen LogP contribution in [0.25, 0.3) is 0 Å². The average molecular weight is 345 g/mol. The van der Waals surface area contributed by atoms with Crippen molar-refractivity contribution in [2.45, 2.75) is 25.2 Å². The van der Waals surface area contributed by atoms with E-state index in [0.717, 1.165) is 11.1 Å². The summed E-state index contributed by atoms with van der Waals surface area (Å²) in [6.45, 7) is 3.95. The van der Waals surface area contributed by atoms with Crippen LogP contribution >= 0.6 is 0 Å². The van der Waals surface area contributed by atoms with E-state index in [-0.39, 0.29) is 23.6 Å². The fourth-order valence-corrected chi connectivity index (χ4v) is 4.35. The van der Waals surface area contributed by atoms with E-state index in [4.69, 9.17) is 4.74 Å². The highest BCUT2D eigenvalue weighted by atomic mass is 32.2. The molecule has 0 unspecified atom stereocenters. The maximum absolute atomic E-state index is 13.1. The molecule has 2 aromatic carbocycles. The fraction of sp³-hybridized carbons (Fsp3) is 0.278. The molecule has 0 amide bonds. The first-order valence-corrected chi connectivity index (χ1v) is 9.10. The Morgan fingerprint density at radius 1 is 1.04 bits per heavy atom. The quantitative estimate of drug-likeness (QED) is 0.857. The highest BCUT2D eigenvalue weighted by Crippen LogP contribution is 2.35. The molecule has 0 saturated carbocycles. The van der Waals surface area contributed by atoms with Crippen molar-refractivity contribution in [3.8, 4) is 5.75 Å². The van der Waals surface area contributed by atoms with Crippen molar-refractivity contribution in [1.29, 1.82) is 0 Å². The number of carbonyl (C=O) groups excluding carboxylic acids is 1. The number of benzene rings is 2. The lowest BCUT2D eigenvalue weighted by molar-refractivity contribution is 0.0982. The number of hydrogen-bond donors (Lipinski definition) is 0. The lowest BCUT2D eigenvalue weighted by atomic mass is 10.0. The SMILES string of the molecule is COc1ccc2c(c1)N(S(=O)(=O)c1ccc(C)c(C)c1)CCC2=O. The van der Waals surface area contributed by atoms with E-state index >= 15 is 0 Å². The molecule has 2 aromatic rings. The van der Waals surface area contributed by atoms with Crippen LogP contribution in [0.4, 0.5) is 5.69 Å². The number of ketones is 1. The van der Waals surface area contributed by atoms with Crippen LogP contribution in [-0.4, -0.2) is 27.9 Å². The van der Waals surface area contributed by atoms with Crippen molar-refractivity contribution in [1.82, 2.24) is 0 Å². The molecule has 0 fully saturated rings. The Morgan fingerprint density at radius 2 is 1.79 bits per heavy atom. The maximum atomic E-state index is 13.1. The average Bonchev–Trinajstić information content (AvgIpc) is 2.56. The third-order valence-corrected chi connectivity index (χ3v) is 6.19. The van der Waals surface area contributed by atoms with E-state index in [2.05, 4.69) is 0 Å². The van der Waals surface area contributed by atoms with Crippen LogP contribution < -0.4 is 9.04 Å². The number of Topliss-reactive ketones (excluding diaryl/α,β-unsaturated/α-hetero) is 1. The number of carbonyl (C=O) groups is 1. The molecular formula is C18H19NO4S. The van der Waals surface area contributed by atoms with Crippen LogP contribution in [0.15, 0.2) is 41.3 Å². The minimum Gasteiger partial charge on any atom is -0.497 e. The van der Waals surface area contributed by atoms with Gasteiger partial charge in [-0.3, -0.25) is 9.10 Å². The molecule has 0 saturated heterocycles. The maximum Gasteiger partial charge on any atom is 0.264 e. The molecule has 3 rings (SSSR count). The van der Waals surface area contributed by atoms with Crippen molar-refractivity contribution in [3.05, 3.63) is 53.1 Å². The van der Waals surface area contributed by atoms with Gasteiger partial charge in [0, 0.05) is 24.6 Å². The molecular weight excluding hydrogens is 326 g/mol. The number of ether oxygens (including phenoxy) is 1. The Balaban J connectivity index is 2.14. The summed E-state index contributed by atoms with van der Waals surface area (Å²) >= 11 is 0.